The quantitative estimate of drug-likeness (QED) is 0.837. The Morgan fingerprint density at radius 2 is 2.07 bits per heavy atom. The molecule has 1 saturated heterocycles. The van der Waals surface area contributed by atoms with E-state index in [2.05, 4.69) is 10.3 Å². The molecule has 0 aliphatic carbocycles. The molecule has 1 aromatic carbocycles. The number of hydrogen-bond donors (Lipinski definition) is 1. The van der Waals surface area contributed by atoms with E-state index in [9.17, 15) is 9.59 Å². The van der Waals surface area contributed by atoms with Gasteiger partial charge in [-0.1, -0.05) is 12.1 Å². The minimum atomic E-state index is -0.601. The molecular formula is C20H23N3O4. The number of nitrogens with one attached hydrogen (secondary N) is 1. The maximum atomic E-state index is 12.5. The van der Waals surface area contributed by atoms with Gasteiger partial charge in [0.1, 0.15) is 18.4 Å². The molecule has 0 saturated carbocycles. The number of aromatic nitrogens is 1. The molecule has 1 atom stereocenters. The van der Waals surface area contributed by atoms with Crippen LogP contribution in [0.5, 0.6) is 5.75 Å². The van der Waals surface area contributed by atoms with Crippen molar-refractivity contribution in [3.8, 4) is 5.75 Å². The highest BCUT2D eigenvalue weighted by Gasteiger charge is 2.24. The molecule has 0 radical (unpaired) electrons. The maximum Gasteiger partial charge on any atom is 0.252 e. The van der Waals surface area contributed by atoms with Gasteiger partial charge in [-0.2, -0.15) is 0 Å². The Morgan fingerprint density at radius 3 is 2.81 bits per heavy atom. The van der Waals surface area contributed by atoms with Crippen LogP contribution in [0.3, 0.4) is 0 Å². The Morgan fingerprint density at radius 1 is 1.26 bits per heavy atom. The smallest absolute Gasteiger partial charge is 0.252 e. The van der Waals surface area contributed by atoms with Crippen molar-refractivity contribution < 1.29 is 19.1 Å². The van der Waals surface area contributed by atoms with E-state index in [1.807, 2.05) is 12.1 Å². The van der Waals surface area contributed by atoms with Crippen LogP contribution in [0.1, 0.15) is 22.8 Å². The molecule has 7 nitrogen and oxygen atoms in total. The number of morpholine rings is 1. The number of pyridine rings is 1. The van der Waals surface area contributed by atoms with Gasteiger partial charge in [-0.15, -0.1) is 0 Å². The number of ether oxygens (including phenoxy) is 2. The van der Waals surface area contributed by atoms with Crippen LogP contribution in [0.4, 0.5) is 0 Å². The normalized spacial score (nSPS) is 15.1. The van der Waals surface area contributed by atoms with Gasteiger partial charge in [0.25, 0.3) is 5.91 Å². The minimum Gasteiger partial charge on any atom is -0.489 e. The summed E-state index contributed by atoms with van der Waals surface area (Å²) in [6, 6.07) is 10.1. The van der Waals surface area contributed by atoms with Crippen molar-refractivity contribution in [3.05, 3.63) is 59.9 Å². The average molecular weight is 369 g/mol. The van der Waals surface area contributed by atoms with E-state index in [1.165, 1.54) is 0 Å². The van der Waals surface area contributed by atoms with E-state index in [4.69, 9.17) is 9.47 Å². The Hall–Kier alpha value is -2.93. The minimum absolute atomic E-state index is 0.101. The maximum absolute atomic E-state index is 12.5. The fourth-order valence-corrected chi connectivity index (χ4v) is 2.78. The molecule has 1 aromatic heterocycles. The molecule has 1 N–H and O–H groups in total. The van der Waals surface area contributed by atoms with Gasteiger partial charge < -0.3 is 19.7 Å². The summed E-state index contributed by atoms with van der Waals surface area (Å²) in [4.78, 5) is 30.7. The van der Waals surface area contributed by atoms with Crippen molar-refractivity contribution >= 4 is 11.8 Å². The second kappa shape index (κ2) is 9.14. The van der Waals surface area contributed by atoms with E-state index < -0.39 is 6.04 Å². The first kappa shape index (κ1) is 18.8. The first-order valence-corrected chi connectivity index (χ1v) is 8.92. The molecule has 27 heavy (non-hydrogen) atoms. The highest BCUT2D eigenvalue weighted by Crippen LogP contribution is 2.15. The third-order valence-corrected chi connectivity index (χ3v) is 4.27. The van der Waals surface area contributed by atoms with Crippen LogP contribution in [0.15, 0.2) is 48.8 Å². The molecule has 2 amide bonds. The van der Waals surface area contributed by atoms with Crippen LogP contribution in [-0.4, -0.2) is 54.0 Å². The molecule has 2 aromatic rings. The van der Waals surface area contributed by atoms with Gasteiger partial charge in [-0.25, -0.2) is 0 Å². The standard InChI is InChI=1S/C20H23N3O4/c1-15(20(25)23-8-10-26-11-9-23)22-19(24)17-5-2-6-18(12-17)27-14-16-4-3-7-21-13-16/h2-7,12-13,15H,8-11,14H2,1H3,(H,22,24). The van der Waals surface area contributed by atoms with Crippen LogP contribution < -0.4 is 10.1 Å². The summed E-state index contributed by atoms with van der Waals surface area (Å²) in [6.07, 6.45) is 3.43. The van der Waals surface area contributed by atoms with Crippen molar-refractivity contribution in [2.45, 2.75) is 19.6 Å². The Labute approximate surface area is 158 Å². The molecule has 3 rings (SSSR count). The fraction of sp³-hybridized carbons (Fsp3) is 0.350. The largest absolute Gasteiger partial charge is 0.489 e. The second-order valence-corrected chi connectivity index (χ2v) is 6.31. The Balaban J connectivity index is 1.57. The molecule has 1 aliphatic heterocycles. The summed E-state index contributed by atoms with van der Waals surface area (Å²) in [5.41, 5.74) is 1.39. The summed E-state index contributed by atoms with van der Waals surface area (Å²) < 4.78 is 11.0. The lowest BCUT2D eigenvalue weighted by Gasteiger charge is -2.29. The number of nitrogens with zero attached hydrogens (tertiary/aromatic N) is 2. The van der Waals surface area contributed by atoms with Crippen molar-refractivity contribution in [3.63, 3.8) is 0 Å². The number of benzene rings is 1. The van der Waals surface area contributed by atoms with Crippen molar-refractivity contribution in [2.75, 3.05) is 26.3 Å². The SMILES string of the molecule is CC(NC(=O)c1cccc(OCc2cccnc2)c1)C(=O)N1CCOCC1. The molecule has 7 heteroatoms. The summed E-state index contributed by atoms with van der Waals surface area (Å²) in [5.74, 6) is 0.172. The van der Waals surface area contributed by atoms with Crippen LogP contribution >= 0.6 is 0 Å². The highest BCUT2D eigenvalue weighted by molar-refractivity contribution is 5.97. The average Bonchev–Trinajstić information content (AvgIpc) is 2.73. The Kier molecular flexibility index (Phi) is 6.38. The Bertz CT molecular complexity index is 776. The lowest BCUT2D eigenvalue weighted by Crippen LogP contribution is -2.50. The third kappa shape index (κ3) is 5.27. The van der Waals surface area contributed by atoms with Crippen molar-refractivity contribution in [2.24, 2.45) is 0 Å². The fourth-order valence-electron chi connectivity index (χ4n) is 2.78. The molecule has 1 fully saturated rings. The van der Waals surface area contributed by atoms with Gasteiger partial charge in [0.2, 0.25) is 5.91 Å². The zero-order valence-electron chi connectivity index (χ0n) is 15.3. The summed E-state index contributed by atoms with van der Waals surface area (Å²) >= 11 is 0. The number of hydrogen-bond acceptors (Lipinski definition) is 5. The molecule has 1 aliphatic rings. The molecule has 0 bridgehead atoms. The van der Waals surface area contributed by atoms with Gasteiger partial charge in [-0.3, -0.25) is 14.6 Å². The zero-order chi connectivity index (χ0) is 19.1. The summed E-state index contributed by atoms with van der Waals surface area (Å²) in [6.45, 7) is 4.22. The number of amides is 2. The molecular weight excluding hydrogens is 346 g/mol. The number of carbonyl (C=O) groups is 2. The third-order valence-electron chi connectivity index (χ3n) is 4.27. The monoisotopic (exact) mass is 369 g/mol. The number of rotatable bonds is 6. The molecule has 2 heterocycles. The number of carbonyl (C=O) groups excluding carboxylic acids is 2. The lowest BCUT2D eigenvalue weighted by atomic mass is 10.1. The van der Waals surface area contributed by atoms with Crippen LogP contribution in [-0.2, 0) is 16.1 Å². The van der Waals surface area contributed by atoms with Crippen LogP contribution in [0, 0.1) is 0 Å². The highest BCUT2D eigenvalue weighted by atomic mass is 16.5. The lowest BCUT2D eigenvalue weighted by molar-refractivity contribution is -0.136. The van der Waals surface area contributed by atoms with Crippen LogP contribution in [0.2, 0.25) is 0 Å². The molecule has 0 spiro atoms. The van der Waals surface area contributed by atoms with Gasteiger partial charge in [0.05, 0.1) is 13.2 Å². The topological polar surface area (TPSA) is 80.8 Å². The first-order valence-electron chi connectivity index (χ1n) is 8.92. The van der Waals surface area contributed by atoms with Gasteiger partial charge in [0, 0.05) is 36.6 Å². The summed E-state index contributed by atoms with van der Waals surface area (Å²) in [5, 5.41) is 2.76. The zero-order valence-corrected chi connectivity index (χ0v) is 15.3. The van der Waals surface area contributed by atoms with Gasteiger partial charge >= 0.3 is 0 Å². The van der Waals surface area contributed by atoms with E-state index in [0.717, 1.165) is 5.56 Å². The predicted octanol–water partition coefficient (Wildman–Crippen LogP) is 1.64. The first-order chi connectivity index (χ1) is 13.1. The van der Waals surface area contributed by atoms with E-state index >= 15 is 0 Å². The second-order valence-electron chi connectivity index (χ2n) is 6.31. The van der Waals surface area contributed by atoms with Crippen LogP contribution in [0.25, 0.3) is 0 Å². The van der Waals surface area contributed by atoms with Crippen molar-refractivity contribution in [1.29, 1.82) is 0 Å². The predicted molar refractivity (Wildman–Crippen MR) is 99.3 cm³/mol. The van der Waals surface area contributed by atoms with E-state index in [-0.39, 0.29) is 11.8 Å². The van der Waals surface area contributed by atoms with E-state index in [1.54, 1.807) is 48.5 Å². The molecule has 142 valence electrons. The van der Waals surface area contributed by atoms with Gasteiger partial charge in [0.15, 0.2) is 0 Å². The van der Waals surface area contributed by atoms with Crippen molar-refractivity contribution in [1.82, 2.24) is 15.2 Å². The van der Waals surface area contributed by atoms with Gasteiger partial charge in [-0.05, 0) is 31.2 Å². The summed E-state index contributed by atoms with van der Waals surface area (Å²) in [7, 11) is 0. The van der Waals surface area contributed by atoms with E-state index in [0.29, 0.717) is 44.2 Å². The molecule has 1 unspecified atom stereocenters.